The van der Waals surface area contributed by atoms with Crippen molar-refractivity contribution in [1.29, 1.82) is 0 Å². The Morgan fingerprint density at radius 1 is 1.35 bits per heavy atom. The SMILES string of the molecule is COc1ccc(CN(C)CCNS(=O)(=O)CC2CCOC2)cc1. The Balaban J connectivity index is 1.69. The van der Waals surface area contributed by atoms with Crippen molar-refractivity contribution in [2.45, 2.75) is 13.0 Å². The Labute approximate surface area is 138 Å². The Morgan fingerprint density at radius 3 is 2.70 bits per heavy atom. The number of rotatable bonds is 9. The Hall–Kier alpha value is -1.15. The minimum atomic E-state index is -3.22. The van der Waals surface area contributed by atoms with Gasteiger partial charge >= 0.3 is 0 Å². The molecule has 130 valence electrons. The summed E-state index contributed by atoms with van der Waals surface area (Å²) in [5, 5.41) is 0. The van der Waals surface area contributed by atoms with Gasteiger partial charge in [-0.3, -0.25) is 0 Å². The van der Waals surface area contributed by atoms with E-state index in [0.717, 1.165) is 18.7 Å². The van der Waals surface area contributed by atoms with Crippen LogP contribution in [0.3, 0.4) is 0 Å². The van der Waals surface area contributed by atoms with Crippen LogP contribution in [0.4, 0.5) is 0 Å². The summed E-state index contributed by atoms with van der Waals surface area (Å²) >= 11 is 0. The van der Waals surface area contributed by atoms with Crippen molar-refractivity contribution in [2.75, 3.05) is 46.2 Å². The fourth-order valence-corrected chi connectivity index (χ4v) is 4.00. The van der Waals surface area contributed by atoms with Crippen molar-refractivity contribution >= 4 is 10.0 Å². The van der Waals surface area contributed by atoms with Gasteiger partial charge in [0, 0.05) is 26.2 Å². The van der Waals surface area contributed by atoms with E-state index in [-0.39, 0.29) is 11.7 Å². The Bertz CT molecular complexity index is 568. The van der Waals surface area contributed by atoms with Gasteiger partial charge in [0.05, 0.1) is 19.5 Å². The molecule has 0 bridgehead atoms. The van der Waals surface area contributed by atoms with Gasteiger partial charge in [-0.05, 0) is 37.1 Å². The third kappa shape index (κ3) is 6.47. The Kier molecular flexibility index (Phi) is 6.83. The van der Waals surface area contributed by atoms with Crippen LogP contribution in [0, 0.1) is 5.92 Å². The van der Waals surface area contributed by atoms with E-state index in [4.69, 9.17) is 9.47 Å². The molecule has 1 heterocycles. The van der Waals surface area contributed by atoms with E-state index >= 15 is 0 Å². The van der Waals surface area contributed by atoms with E-state index < -0.39 is 10.0 Å². The summed E-state index contributed by atoms with van der Waals surface area (Å²) < 4.78 is 37.0. The third-order valence-corrected chi connectivity index (χ3v) is 5.46. The number of likely N-dealkylation sites (N-methyl/N-ethyl adjacent to an activating group) is 1. The number of nitrogens with zero attached hydrogens (tertiary/aromatic N) is 1. The second kappa shape index (κ2) is 8.63. The summed E-state index contributed by atoms with van der Waals surface area (Å²) in [5.74, 6) is 1.12. The molecular formula is C16H26N2O4S. The number of nitrogens with one attached hydrogen (secondary N) is 1. The molecule has 0 radical (unpaired) electrons. The highest BCUT2D eigenvalue weighted by molar-refractivity contribution is 7.89. The van der Waals surface area contributed by atoms with Crippen molar-refractivity contribution in [3.8, 4) is 5.75 Å². The van der Waals surface area contributed by atoms with Crippen molar-refractivity contribution in [1.82, 2.24) is 9.62 Å². The standard InChI is InChI=1S/C16H26N2O4S/c1-18(11-14-3-5-16(21-2)6-4-14)9-8-17-23(19,20)13-15-7-10-22-12-15/h3-6,15,17H,7-13H2,1-2H3. The van der Waals surface area contributed by atoms with Crippen LogP contribution in [-0.2, 0) is 21.3 Å². The number of benzene rings is 1. The fourth-order valence-electron chi connectivity index (χ4n) is 2.60. The van der Waals surface area contributed by atoms with Gasteiger partial charge in [-0.1, -0.05) is 12.1 Å². The average Bonchev–Trinajstić information content (AvgIpc) is 3.00. The van der Waals surface area contributed by atoms with Gasteiger partial charge in [-0.25, -0.2) is 13.1 Å². The lowest BCUT2D eigenvalue weighted by Gasteiger charge is -2.17. The number of hydrogen-bond acceptors (Lipinski definition) is 5. The number of sulfonamides is 1. The maximum absolute atomic E-state index is 12.0. The summed E-state index contributed by atoms with van der Waals surface area (Å²) in [6.45, 7) is 3.07. The molecule has 1 aromatic carbocycles. The molecule has 1 unspecified atom stereocenters. The highest BCUT2D eigenvalue weighted by atomic mass is 32.2. The molecule has 1 fully saturated rings. The van der Waals surface area contributed by atoms with Crippen LogP contribution in [0.5, 0.6) is 5.75 Å². The first-order valence-corrected chi connectivity index (χ1v) is 9.50. The van der Waals surface area contributed by atoms with Gasteiger partial charge in [0.2, 0.25) is 10.0 Å². The lowest BCUT2D eigenvalue weighted by Crippen LogP contribution is -2.35. The second-order valence-corrected chi connectivity index (χ2v) is 7.84. The van der Waals surface area contributed by atoms with Crippen molar-refractivity contribution in [2.24, 2.45) is 5.92 Å². The quantitative estimate of drug-likeness (QED) is 0.727. The zero-order valence-corrected chi connectivity index (χ0v) is 14.6. The monoisotopic (exact) mass is 342 g/mol. The van der Waals surface area contributed by atoms with E-state index in [1.807, 2.05) is 31.3 Å². The van der Waals surface area contributed by atoms with Crippen LogP contribution in [0.25, 0.3) is 0 Å². The minimum absolute atomic E-state index is 0.129. The first-order chi connectivity index (χ1) is 11.0. The van der Waals surface area contributed by atoms with Gasteiger partial charge in [0.1, 0.15) is 5.75 Å². The van der Waals surface area contributed by atoms with Gasteiger partial charge in [0.15, 0.2) is 0 Å². The zero-order chi connectivity index (χ0) is 16.7. The highest BCUT2D eigenvalue weighted by Crippen LogP contribution is 2.14. The molecule has 1 aliphatic heterocycles. The average molecular weight is 342 g/mol. The molecule has 6 nitrogen and oxygen atoms in total. The molecule has 1 aromatic rings. The van der Waals surface area contributed by atoms with Crippen molar-refractivity contribution in [3.05, 3.63) is 29.8 Å². The Morgan fingerprint density at radius 2 is 2.09 bits per heavy atom. The summed E-state index contributed by atoms with van der Waals surface area (Å²) in [6.07, 6.45) is 0.832. The molecule has 1 saturated heterocycles. The molecule has 0 amide bonds. The van der Waals surface area contributed by atoms with Gasteiger partial charge in [-0.15, -0.1) is 0 Å². The third-order valence-electron chi connectivity index (χ3n) is 3.91. The molecule has 1 atom stereocenters. The maximum Gasteiger partial charge on any atom is 0.211 e. The number of hydrogen-bond donors (Lipinski definition) is 1. The molecule has 0 aromatic heterocycles. The lowest BCUT2D eigenvalue weighted by molar-refractivity contribution is 0.188. The van der Waals surface area contributed by atoms with E-state index in [1.165, 1.54) is 5.56 Å². The number of ether oxygens (including phenoxy) is 2. The second-order valence-electron chi connectivity index (χ2n) is 5.99. The maximum atomic E-state index is 12.0. The zero-order valence-electron chi connectivity index (χ0n) is 13.8. The van der Waals surface area contributed by atoms with Crippen LogP contribution in [0.2, 0.25) is 0 Å². The van der Waals surface area contributed by atoms with Crippen LogP contribution in [-0.4, -0.2) is 59.5 Å². The summed E-state index contributed by atoms with van der Waals surface area (Å²) in [6, 6.07) is 7.88. The molecule has 0 saturated carbocycles. The van der Waals surface area contributed by atoms with Crippen molar-refractivity contribution in [3.63, 3.8) is 0 Å². The molecule has 1 aliphatic rings. The minimum Gasteiger partial charge on any atom is -0.497 e. The van der Waals surface area contributed by atoms with Gasteiger partial charge in [-0.2, -0.15) is 0 Å². The van der Waals surface area contributed by atoms with Crippen molar-refractivity contribution < 1.29 is 17.9 Å². The topological polar surface area (TPSA) is 67.9 Å². The summed E-state index contributed by atoms with van der Waals surface area (Å²) in [7, 11) is 0.404. The highest BCUT2D eigenvalue weighted by Gasteiger charge is 2.22. The first kappa shape index (κ1) is 18.2. The lowest BCUT2D eigenvalue weighted by atomic mass is 10.2. The van der Waals surface area contributed by atoms with E-state index in [0.29, 0.717) is 26.3 Å². The summed E-state index contributed by atoms with van der Waals surface area (Å²) in [4.78, 5) is 2.09. The number of methoxy groups -OCH3 is 1. The largest absolute Gasteiger partial charge is 0.497 e. The molecule has 2 rings (SSSR count). The molecule has 7 heteroatoms. The van der Waals surface area contributed by atoms with E-state index in [2.05, 4.69) is 9.62 Å². The fraction of sp³-hybridized carbons (Fsp3) is 0.625. The molecule has 0 aliphatic carbocycles. The normalized spacial score (nSPS) is 18.5. The van der Waals surface area contributed by atoms with Crippen LogP contribution < -0.4 is 9.46 Å². The van der Waals surface area contributed by atoms with E-state index in [9.17, 15) is 8.42 Å². The molecule has 0 spiro atoms. The molecular weight excluding hydrogens is 316 g/mol. The molecule has 23 heavy (non-hydrogen) atoms. The predicted molar refractivity (Wildman–Crippen MR) is 90.0 cm³/mol. The van der Waals surface area contributed by atoms with Crippen LogP contribution >= 0.6 is 0 Å². The van der Waals surface area contributed by atoms with Gasteiger partial charge < -0.3 is 14.4 Å². The van der Waals surface area contributed by atoms with Gasteiger partial charge in [0.25, 0.3) is 0 Å². The predicted octanol–water partition coefficient (Wildman–Crippen LogP) is 1.08. The first-order valence-electron chi connectivity index (χ1n) is 7.85. The van der Waals surface area contributed by atoms with Crippen LogP contribution in [0.1, 0.15) is 12.0 Å². The summed E-state index contributed by atoms with van der Waals surface area (Å²) in [5.41, 5.74) is 1.17. The van der Waals surface area contributed by atoms with E-state index in [1.54, 1.807) is 7.11 Å². The smallest absolute Gasteiger partial charge is 0.211 e. The van der Waals surface area contributed by atoms with Crippen LogP contribution in [0.15, 0.2) is 24.3 Å². The molecule has 1 N–H and O–H groups in total.